The molecular weight excluding hydrogens is 491 g/mol. The zero-order chi connectivity index (χ0) is 25.1. The Morgan fingerprint density at radius 1 is 0.829 bits per heavy atom. The highest BCUT2D eigenvalue weighted by Gasteiger charge is 2.34. The van der Waals surface area contributed by atoms with E-state index in [4.69, 9.17) is 11.6 Å². The monoisotopic (exact) mass is 523 g/mol. The first-order chi connectivity index (χ1) is 16.9. The number of halogens is 4. The second kappa shape index (κ2) is 13.9. The van der Waals surface area contributed by atoms with Gasteiger partial charge in [-0.2, -0.15) is 13.2 Å². The molecule has 0 bridgehead atoms. The molecule has 190 valence electrons. The van der Waals surface area contributed by atoms with Gasteiger partial charge in [0.2, 0.25) is 0 Å². The Labute approximate surface area is 215 Å². The highest BCUT2D eigenvalue weighted by atomic mass is 35.5. The topological polar surface area (TPSA) is 30.7 Å². The maximum Gasteiger partial charge on any atom is 0.418 e. The number of hydrogen-bond donors (Lipinski definition) is 0. The molecule has 0 N–H and O–H groups in total. The number of alkyl halides is 3. The van der Waals surface area contributed by atoms with Crippen LogP contribution in [-0.2, 0) is 18.3 Å². The fourth-order valence-corrected chi connectivity index (χ4v) is 5.07. The van der Waals surface area contributed by atoms with E-state index in [0.29, 0.717) is 28.2 Å². The minimum Gasteiger partial charge on any atom is -0.273 e. The summed E-state index contributed by atoms with van der Waals surface area (Å²) in [5, 5.41) is 9.70. The Morgan fingerprint density at radius 3 is 2.11 bits per heavy atom. The third-order valence-corrected chi connectivity index (χ3v) is 7.19. The summed E-state index contributed by atoms with van der Waals surface area (Å²) in [6.07, 6.45) is 6.76. The van der Waals surface area contributed by atoms with Crippen LogP contribution in [0.3, 0.4) is 0 Å². The molecule has 0 saturated heterocycles. The fourth-order valence-electron chi connectivity index (χ4n) is 4.03. The predicted octanol–water partition coefficient (Wildman–Crippen LogP) is 9.31. The lowest BCUT2D eigenvalue weighted by Gasteiger charge is -2.16. The molecule has 0 aliphatic rings. The van der Waals surface area contributed by atoms with E-state index < -0.39 is 11.7 Å². The molecule has 3 nitrogen and oxygen atoms in total. The minimum atomic E-state index is -4.46. The van der Waals surface area contributed by atoms with Gasteiger partial charge in [-0.05, 0) is 36.2 Å². The lowest BCUT2D eigenvalue weighted by atomic mass is 10.1. The molecule has 0 unspecified atom stereocenters. The first-order valence-electron chi connectivity index (χ1n) is 12.4. The molecule has 0 atom stereocenters. The number of benzene rings is 2. The largest absolute Gasteiger partial charge is 0.418 e. The predicted molar refractivity (Wildman–Crippen MR) is 138 cm³/mol. The van der Waals surface area contributed by atoms with Gasteiger partial charge in [0, 0.05) is 17.2 Å². The van der Waals surface area contributed by atoms with Crippen LogP contribution < -0.4 is 0 Å². The van der Waals surface area contributed by atoms with Crippen LogP contribution in [-0.4, -0.2) is 14.8 Å². The first-order valence-corrected chi connectivity index (χ1v) is 13.7. The smallest absolute Gasteiger partial charge is 0.273 e. The van der Waals surface area contributed by atoms with Crippen molar-refractivity contribution in [3.63, 3.8) is 0 Å². The average molecular weight is 524 g/mol. The second-order valence-electron chi connectivity index (χ2n) is 8.74. The highest BCUT2D eigenvalue weighted by Crippen LogP contribution is 2.36. The van der Waals surface area contributed by atoms with Crippen molar-refractivity contribution in [3.8, 4) is 5.69 Å². The number of aryl methyl sites for hydroxylation is 1. The Morgan fingerprint density at radius 2 is 1.46 bits per heavy atom. The number of thioether (sulfide) groups is 1. The average Bonchev–Trinajstić information content (AvgIpc) is 3.24. The Hall–Kier alpha value is -1.99. The molecule has 2 aromatic carbocycles. The van der Waals surface area contributed by atoms with Crippen molar-refractivity contribution in [3.05, 3.63) is 70.5 Å². The van der Waals surface area contributed by atoms with Gasteiger partial charge in [-0.15, -0.1) is 10.2 Å². The summed E-state index contributed by atoms with van der Waals surface area (Å²) in [5.41, 5.74) is 0.412. The van der Waals surface area contributed by atoms with Gasteiger partial charge in [0.25, 0.3) is 0 Å². The summed E-state index contributed by atoms with van der Waals surface area (Å²) in [5.74, 6) is 1.13. The van der Waals surface area contributed by atoms with Crippen molar-refractivity contribution in [2.75, 3.05) is 0 Å². The number of nitrogens with zero attached hydrogens (tertiary/aromatic N) is 3. The van der Waals surface area contributed by atoms with E-state index in [1.807, 2.05) is 12.1 Å². The molecule has 35 heavy (non-hydrogen) atoms. The molecule has 3 rings (SSSR count). The summed E-state index contributed by atoms with van der Waals surface area (Å²) in [6, 6.07) is 13.1. The van der Waals surface area contributed by atoms with E-state index in [1.165, 1.54) is 62.4 Å². The zero-order valence-corrected chi connectivity index (χ0v) is 21.7. The zero-order valence-electron chi connectivity index (χ0n) is 20.2. The van der Waals surface area contributed by atoms with Gasteiger partial charge in [-0.25, -0.2) is 0 Å². The first kappa shape index (κ1) is 27.6. The van der Waals surface area contributed by atoms with Crippen LogP contribution in [0.5, 0.6) is 0 Å². The van der Waals surface area contributed by atoms with E-state index in [2.05, 4.69) is 17.1 Å². The molecule has 0 fully saturated rings. The maximum atomic E-state index is 13.8. The van der Waals surface area contributed by atoms with Gasteiger partial charge in [-0.3, -0.25) is 4.57 Å². The normalized spacial score (nSPS) is 11.8. The lowest BCUT2D eigenvalue weighted by Crippen LogP contribution is -2.13. The second-order valence-corrected chi connectivity index (χ2v) is 10.1. The number of unbranched alkanes of at least 4 members (excludes halogenated alkanes) is 8. The molecule has 0 aliphatic carbocycles. The molecule has 1 heterocycles. The summed E-state index contributed by atoms with van der Waals surface area (Å²) >= 11 is 7.34. The van der Waals surface area contributed by atoms with Gasteiger partial charge in [0.05, 0.1) is 11.3 Å². The quantitative estimate of drug-likeness (QED) is 0.156. The van der Waals surface area contributed by atoms with Crippen LogP contribution in [0.4, 0.5) is 13.2 Å². The Bertz CT molecular complexity index is 1030. The third kappa shape index (κ3) is 8.57. The molecular formula is C27H33ClF3N3S. The minimum absolute atomic E-state index is 0.0783. The van der Waals surface area contributed by atoms with E-state index >= 15 is 0 Å². The van der Waals surface area contributed by atoms with E-state index in [0.717, 1.165) is 30.9 Å². The van der Waals surface area contributed by atoms with Crippen molar-refractivity contribution in [2.24, 2.45) is 0 Å². The summed E-state index contributed by atoms with van der Waals surface area (Å²) < 4.78 is 43.1. The van der Waals surface area contributed by atoms with Gasteiger partial charge in [0.15, 0.2) is 5.16 Å². The standard InChI is InChI=1S/C27H33ClF3N3S/c1-2-3-4-5-6-7-8-9-10-15-25-32-33-26(35-20-21-16-18-22(28)19-17-21)34(25)24-14-12-11-13-23(24)27(29,30)31/h11-14,16-19H,2-10,15,20H2,1H3. The molecule has 3 aromatic rings. The maximum absolute atomic E-state index is 13.8. The summed E-state index contributed by atoms with van der Waals surface area (Å²) in [6.45, 7) is 2.22. The number of hydrogen-bond acceptors (Lipinski definition) is 3. The number of para-hydroxylation sites is 1. The van der Waals surface area contributed by atoms with Crippen molar-refractivity contribution >= 4 is 23.4 Å². The van der Waals surface area contributed by atoms with Crippen LogP contribution >= 0.6 is 23.4 Å². The van der Waals surface area contributed by atoms with Crippen LogP contribution in [0.25, 0.3) is 5.69 Å². The van der Waals surface area contributed by atoms with Crippen molar-refractivity contribution < 1.29 is 13.2 Å². The molecule has 0 amide bonds. The van der Waals surface area contributed by atoms with Crippen molar-refractivity contribution in [1.82, 2.24) is 14.8 Å². The highest BCUT2D eigenvalue weighted by molar-refractivity contribution is 7.98. The van der Waals surface area contributed by atoms with Gasteiger partial charge < -0.3 is 0 Å². The van der Waals surface area contributed by atoms with Crippen LogP contribution in [0, 0.1) is 0 Å². The van der Waals surface area contributed by atoms with E-state index in [9.17, 15) is 13.2 Å². The van der Waals surface area contributed by atoms with Crippen LogP contribution in [0.2, 0.25) is 5.02 Å². The lowest BCUT2D eigenvalue weighted by molar-refractivity contribution is -0.137. The van der Waals surface area contributed by atoms with Gasteiger partial charge in [0.1, 0.15) is 5.82 Å². The molecule has 1 aromatic heterocycles. The number of aromatic nitrogens is 3. The van der Waals surface area contributed by atoms with E-state index in [-0.39, 0.29) is 5.69 Å². The summed E-state index contributed by atoms with van der Waals surface area (Å²) in [4.78, 5) is 0. The van der Waals surface area contributed by atoms with Crippen molar-refractivity contribution in [2.45, 2.75) is 88.2 Å². The number of rotatable bonds is 14. The van der Waals surface area contributed by atoms with E-state index in [1.54, 1.807) is 22.8 Å². The van der Waals surface area contributed by atoms with Crippen molar-refractivity contribution in [1.29, 1.82) is 0 Å². The molecule has 0 aliphatic heterocycles. The SMILES string of the molecule is CCCCCCCCCCCc1nnc(SCc2ccc(Cl)cc2)n1-c1ccccc1C(F)(F)F. The summed E-state index contributed by atoms with van der Waals surface area (Å²) in [7, 11) is 0. The molecule has 0 radical (unpaired) electrons. The fraction of sp³-hybridized carbons (Fsp3) is 0.481. The molecule has 8 heteroatoms. The van der Waals surface area contributed by atoms with Crippen LogP contribution in [0.1, 0.15) is 81.7 Å². The van der Waals surface area contributed by atoms with Gasteiger partial charge in [-0.1, -0.05) is 106 Å². The third-order valence-electron chi connectivity index (χ3n) is 5.94. The molecule has 0 saturated carbocycles. The molecule has 0 spiro atoms. The van der Waals surface area contributed by atoms with Gasteiger partial charge >= 0.3 is 6.18 Å². The van der Waals surface area contributed by atoms with Crippen LogP contribution in [0.15, 0.2) is 53.7 Å². The Kier molecular flexibility index (Phi) is 11.0. The Balaban J connectivity index is 1.72.